The number of unbranched alkanes of at least 4 members (excludes halogenated alkanes) is 36. The summed E-state index contributed by atoms with van der Waals surface area (Å²) in [5, 5.41) is 0. The second-order valence-corrected chi connectivity index (χ2v) is 20.6. The van der Waals surface area contributed by atoms with Crippen LogP contribution >= 0.6 is 0 Å². The number of hydrogen-bond acceptors (Lipinski definition) is 5. The first-order valence-electron chi connectivity index (χ1n) is 30.8. The molecule has 0 N–H and O–H groups in total. The average molecular weight is 980 g/mol. The fraction of sp³-hybridized carbons (Fsp3) is 0.815. The molecule has 0 aliphatic rings. The van der Waals surface area contributed by atoms with Crippen LogP contribution in [0.1, 0.15) is 316 Å². The highest BCUT2D eigenvalue weighted by Gasteiger charge is 2.17. The van der Waals surface area contributed by atoms with Crippen LogP contribution in [0.25, 0.3) is 0 Å². The van der Waals surface area contributed by atoms with Gasteiger partial charge in [0.25, 0.3) is 0 Å². The molecule has 0 rings (SSSR count). The lowest BCUT2D eigenvalue weighted by Gasteiger charge is -2.18. The van der Waals surface area contributed by atoms with E-state index in [2.05, 4.69) is 75.5 Å². The topological polar surface area (TPSA) is 61.8 Å². The molecular weight excluding hydrogens is 861 g/mol. The van der Waals surface area contributed by atoms with E-state index >= 15 is 0 Å². The van der Waals surface area contributed by atoms with Crippen LogP contribution in [0.4, 0.5) is 0 Å². The van der Waals surface area contributed by atoms with Gasteiger partial charge in [0, 0.05) is 19.4 Å². The van der Waals surface area contributed by atoms with Crippen LogP contribution in [-0.4, -0.2) is 37.9 Å². The summed E-state index contributed by atoms with van der Waals surface area (Å²) in [4.78, 5) is 25.5. The van der Waals surface area contributed by atoms with Crippen molar-refractivity contribution in [3.8, 4) is 0 Å². The van der Waals surface area contributed by atoms with E-state index in [1.54, 1.807) is 0 Å². The van der Waals surface area contributed by atoms with Gasteiger partial charge in [-0.1, -0.05) is 306 Å². The summed E-state index contributed by atoms with van der Waals surface area (Å²) in [5.41, 5.74) is 0. The van der Waals surface area contributed by atoms with E-state index in [0.29, 0.717) is 25.9 Å². The van der Waals surface area contributed by atoms with Gasteiger partial charge in [0.1, 0.15) is 6.61 Å². The first-order valence-corrected chi connectivity index (χ1v) is 30.8. The van der Waals surface area contributed by atoms with E-state index in [4.69, 9.17) is 14.2 Å². The van der Waals surface area contributed by atoms with Crippen molar-refractivity contribution in [1.82, 2.24) is 0 Å². The molecule has 0 bridgehead atoms. The summed E-state index contributed by atoms with van der Waals surface area (Å²) < 4.78 is 17.5. The number of rotatable bonds is 57. The van der Waals surface area contributed by atoms with E-state index < -0.39 is 6.10 Å². The molecule has 1 atom stereocenters. The summed E-state index contributed by atoms with van der Waals surface area (Å²) in [6.45, 7) is 7.79. The van der Waals surface area contributed by atoms with Gasteiger partial charge in [-0.15, -0.1) is 0 Å². The van der Waals surface area contributed by atoms with Crippen molar-refractivity contribution in [1.29, 1.82) is 0 Å². The van der Waals surface area contributed by atoms with E-state index in [0.717, 1.165) is 51.4 Å². The van der Waals surface area contributed by atoms with Crippen LogP contribution in [0.15, 0.2) is 60.8 Å². The van der Waals surface area contributed by atoms with Crippen molar-refractivity contribution in [2.24, 2.45) is 0 Å². The van der Waals surface area contributed by atoms with Crippen molar-refractivity contribution in [3.05, 3.63) is 60.8 Å². The van der Waals surface area contributed by atoms with E-state index in [1.807, 2.05) is 6.08 Å². The zero-order chi connectivity index (χ0) is 50.6. The number of ether oxygens (including phenoxy) is 3. The molecule has 0 fully saturated rings. The quantitative estimate of drug-likeness (QED) is 0.0345. The SMILES string of the molecule is CCCCC/C=C\C/C=C\C/C=C\C/C=C\C/C=C\CCC(=O)O[C@H](COCCCCCCCCCCCCCCCCCC)COC(=O)CCCCCCCCCCCCCCCCCCCCC. The molecule has 0 heterocycles. The molecular formula is C65H118O5. The Morgan fingerprint density at radius 1 is 0.314 bits per heavy atom. The number of carbonyl (C=O) groups excluding carboxylic acids is 2. The summed E-state index contributed by atoms with van der Waals surface area (Å²) in [5.74, 6) is -0.473. The Morgan fingerprint density at radius 3 is 1.01 bits per heavy atom. The minimum Gasteiger partial charge on any atom is -0.462 e. The predicted molar refractivity (Wildman–Crippen MR) is 307 cm³/mol. The third-order valence-electron chi connectivity index (χ3n) is 13.6. The van der Waals surface area contributed by atoms with E-state index in [1.165, 1.54) is 225 Å². The van der Waals surface area contributed by atoms with Crippen LogP contribution in [-0.2, 0) is 23.8 Å². The summed E-state index contributed by atoms with van der Waals surface area (Å²) in [6, 6.07) is 0. The molecule has 0 aliphatic heterocycles. The molecule has 5 heteroatoms. The van der Waals surface area contributed by atoms with E-state index in [-0.39, 0.29) is 25.2 Å². The molecule has 0 aromatic heterocycles. The largest absolute Gasteiger partial charge is 0.462 e. The number of carbonyl (C=O) groups is 2. The number of esters is 2. The van der Waals surface area contributed by atoms with Crippen molar-refractivity contribution < 1.29 is 23.8 Å². The fourth-order valence-corrected chi connectivity index (χ4v) is 8.97. The van der Waals surface area contributed by atoms with E-state index in [9.17, 15) is 9.59 Å². The lowest BCUT2D eigenvalue weighted by Crippen LogP contribution is -2.30. The first-order chi connectivity index (χ1) is 34.6. The van der Waals surface area contributed by atoms with Crippen molar-refractivity contribution in [2.75, 3.05) is 19.8 Å². The Labute approximate surface area is 436 Å². The molecule has 408 valence electrons. The van der Waals surface area contributed by atoms with Gasteiger partial charge in [-0.05, 0) is 57.8 Å². The van der Waals surface area contributed by atoms with Gasteiger partial charge in [0.2, 0.25) is 0 Å². The molecule has 0 aromatic rings. The molecule has 70 heavy (non-hydrogen) atoms. The minimum absolute atomic E-state index is 0.0601. The second kappa shape index (κ2) is 60.9. The molecule has 0 spiro atoms. The second-order valence-electron chi connectivity index (χ2n) is 20.6. The molecule has 0 radical (unpaired) electrons. The zero-order valence-electron chi connectivity index (χ0n) is 47.0. The van der Waals surface area contributed by atoms with Crippen molar-refractivity contribution in [2.45, 2.75) is 322 Å². The Balaban J connectivity index is 4.34. The zero-order valence-corrected chi connectivity index (χ0v) is 47.0. The molecule has 0 saturated carbocycles. The maximum atomic E-state index is 12.9. The third-order valence-corrected chi connectivity index (χ3v) is 13.6. The Morgan fingerprint density at radius 2 is 0.629 bits per heavy atom. The minimum atomic E-state index is -0.574. The Kier molecular flexibility index (Phi) is 58.8. The molecule has 0 unspecified atom stereocenters. The summed E-state index contributed by atoms with van der Waals surface area (Å²) in [7, 11) is 0. The van der Waals surface area contributed by atoms with Crippen LogP contribution in [0.2, 0.25) is 0 Å². The average Bonchev–Trinajstić information content (AvgIpc) is 3.36. The molecule has 0 saturated heterocycles. The molecule has 0 aromatic carbocycles. The fourth-order valence-electron chi connectivity index (χ4n) is 8.97. The Hall–Kier alpha value is -2.40. The van der Waals surface area contributed by atoms with Crippen LogP contribution in [0.5, 0.6) is 0 Å². The van der Waals surface area contributed by atoms with Gasteiger partial charge >= 0.3 is 11.9 Å². The molecule has 5 nitrogen and oxygen atoms in total. The van der Waals surface area contributed by atoms with Gasteiger partial charge in [0.15, 0.2) is 6.10 Å². The molecule has 0 amide bonds. The van der Waals surface area contributed by atoms with Crippen LogP contribution in [0.3, 0.4) is 0 Å². The highest BCUT2D eigenvalue weighted by molar-refractivity contribution is 5.70. The van der Waals surface area contributed by atoms with Gasteiger partial charge < -0.3 is 14.2 Å². The van der Waals surface area contributed by atoms with Gasteiger partial charge in [-0.25, -0.2) is 0 Å². The monoisotopic (exact) mass is 979 g/mol. The number of allylic oxidation sites excluding steroid dienone is 10. The Bertz CT molecular complexity index is 1200. The molecule has 0 aliphatic carbocycles. The standard InChI is InChI=1S/C65H118O5/c1-4-7-10-13-16-19-22-25-28-31-33-35-37-40-43-46-49-52-55-58-64(66)69-62-63(61-68-60-57-54-51-48-45-42-39-30-27-24-21-18-15-12-9-6-3)70-65(67)59-56-53-50-47-44-41-38-36-34-32-29-26-23-20-17-14-11-8-5-2/h17,20,26,29,34,36,41,44,50,53,63H,4-16,18-19,21-25,27-28,30-33,35,37-40,42-43,45-49,51-52,54-62H2,1-3H3/b20-17-,29-26-,36-34-,44-41-,53-50-/t63-/m1/s1. The third kappa shape index (κ3) is 58.2. The number of hydrogen-bond donors (Lipinski definition) is 0. The summed E-state index contributed by atoms with van der Waals surface area (Å²) in [6.07, 6.45) is 78.4. The smallest absolute Gasteiger partial charge is 0.306 e. The van der Waals surface area contributed by atoms with Crippen LogP contribution < -0.4 is 0 Å². The van der Waals surface area contributed by atoms with Crippen LogP contribution in [0, 0.1) is 0 Å². The lowest BCUT2D eigenvalue weighted by atomic mass is 10.0. The van der Waals surface area contributed by atoms with Gasteiger partial charge in [-0.2, -0.15) is 0 Å². The van der Waals surface area contributed by atoms with Gasteiger partial charge in [0.05, 0.1) is 6.61 Å². The maximum absolute atomic E-state index is 12.9. The highest BCUT2D eigenvalue weighted by Crippen LogP contribution is 2.17. The van der Waals surface area contributed by atoms with Crippen molar-refractivity contribution in [3.63, 3.8) is 0 Å². The van der Waals surface area contributed by atoms with Crippen molar-refractivity contribution >= 4 is 11.9 Å². The van der Waals surface area contributed by atoms with Gasteiger partial charge in [-0.3, -0.25) is 9.59 Å². The maximum Gasteiger partial charge on any atom is 0.306 e. The highest BCUT2D eigenvalue weighted by atomic mass is 16.6. The predicted octanol–water partition coefficient (Wildman–Crippen LogP) is 21.2. The first kappa shape index (κ1) is 67.6. The normalized spacial score (nSPS) is 12.6. The lowest BCUT2D eigenvalue weighted by molar-refractivity contribution is -0.162. The summed E-state index contributed by atoms with van der Waals surface area (Å²) >= 11 is 0.